The van der Waals surface area contributed by atoms with Crippen LogP contribution in [0.2, 0.25) is 0 Å². The molecule has 0 spiro atoms. The Labute approximate surface area is 73.6 Å². The third-order valence-electron chi connectivity index (χ3n) is 2.21. The predicted octanol–water partition coefficient (Wildman–Crippen LogP) is 0.603. The molecule has 1 N–H and O–H groups in total. The Morgan fingerprint density at radius 1 is 1.75 bits per heavy atom. The molecule has 3 heteroatoms. The molecule has 0 aromatic rings. The lowest BCUT2D eigenvalue weighted by Crippen LogP contribution is -2.39. The topological polar surface area (TPSA) is 47.3 Å². The van der Waals surface area contributed by atoms with Crippen LogP contribution < -0.4 is 0 Å². The van der Waals surface area contributed by atoms with Crippen molar-refractivity contribution in [3.63, 3.8) is 0 Å². The van der Waals surface area contributed by atoms with E-state index in [2.05, 4.69) is 11.0 Å². The summed E-state index contributed by atoms with van der Waals surface area (Å²) in [6, 6.07) is 2.28. The van der Waals surface area contributed by atoms with Crippen LogP contribution in [0.5, 0.6) is 0 Å². The molecule has 0 aromatic heterocycles. The summed E-state index contributed by atoms with van der Waals surface area (Å²) >= 11 is 0. The molecular formula is C9H16N2O. The predicted molar refractivity (Wildman–Crippen MR) is 46.5 cm³/mol. The van der Waals surface area contributed by atoms with Crippen molar-refractivity contribution in [2.75, 3.05) is 19.6 Å². The molecule has 0 radical (unpaired) electrons. The van der Waals surface area contributed by atoms with Gasteiger partial charge < -0.3 is 5.11 Å². The summed E-state index contributed by atoms with van der Waals surface area (Å²) in [6.07, 6.45) is 1.83. The van der Waals surface area contributed by atoms with E-state index >= 15 is 0 Å². The van der Waals surface area contributed by atoms with Crippen molar-refractivity contribution in [3.8, 4) is 6.07 Å². The molecule has 1 aliphatic heterocycles. The largest absolute Gasteiger partial charge is 0.392 e. The maximum absolute atomic E-state index is 9.14. The normalized spacial score (nSPS) is 27.9. The Morgan fingerprint density at radius 2 is 2.50 bits per heavy atom. The third-order valence-corrected chi connectivity index (χ3v) is 2.21. The van der Waals surface area contributed by atoms with Crippen LogP contribution in [0.25, 0.3) is 0 Å². The van der Waals surface area contributed by atoms with Gasteiger partial charge in [-0.2, -0.15) is 5.26 Å². The highest BCUT2D eigenvalue weighted by Gasteiger charge is 2.19. The first-order chi connectivity index (χ1) is 5.72. The molecule has 68 valence electrons. The van der Waals surface area contributed by atoms with Crippen molar-refractivity contribution in [2.24, 2.45) is 5.92 Å². The van der Waals surface area contributed by atoms with Gasteiger partial charge in [-0.05, 0) is 26.3 Å². The highest BCUT2D eigenvalue weighted by Crippen LogP contribution is 2.15. The number of rotatable bonds is 2. The average molecular weight is 168 g/mol. The van der Waals surface area contributed by atoms with E-state index in [1.165, 1.54) is 0 Å². The average Bonchev–Trinajstić information content (AvgIpc) is 2.03. The van der Waals surface area contributed by atoms with Gasteiger partial charge in [0.15, 0.2) is 0 Å². The number of hydrogen-bond acceptors (Lipinski definition) is 3. The van der Waals surface area contributed by atoms with Crippen molar-refractivity contribution < 1.29 is 5.11 Å². The fraction of sp³-hybridized carbons (Fsp3) is 0.889. The smallest absolute Gasteiger partial charge is 0.0669 e. The molecule has 0 saturated carbocycles. The maximum Gasteiger partial charge on any atom is 0.0669 e. The van der Waals surface area contributed by atoms with Gasteiger partial charge in [-0.15, -0.1) is 0 Å². The van der Waals surface area contributed by atoms with E-state index in [1.54, 1.807) is 6.92 Å². The summed E-state index contributed by atoms with van der Waals surface area (Å²) in [6.45, 7) is 4.36. The molecule has 2 unspecified atom stereocenters. The summed E-state index contributed by atoms with van der Waals surface area (Å²) in [5, 5.41) is 17.8. The van der Waals surface area contributed by atoms with E-state index in [0.717, 1.165) is 25.9 Å². The molecule has 0 aliphatic carbocycles. The van der Waals surface area contributed by atoms with Gasteiger partial charge in [0.1, 0.15) is 0 Å². The number of aliphatic hydroxyl groups is 1. The van der Waals surface area contributed by atoms with Gasteiger partial charge in [0.2, 0.25) is 0 Å². The van der Waals surface area contributed by atoms with Crippen molar-refractivity contribution in [1.29, 1.82) is 5.26 Å². The number of β-amino-alcohol motifs (C(OH)–C–C–N with tert-alkyl or cyclic N) is 1. The van der Waals surface area contributed by atoms with E-state index in [0.29, 0.717) is 6.54 Å². The fourth-order valence-corrected chi connectivity index (χ4v) is 1.70. The molecule has 2 atom stereocenters. The zero-order valence-corrected chi connectivity index (χ0v) is 7.53. The first-order valence-electron chi connectivity index (χ1n) is 4.52. The second-order valence-corrected chi connectivity index (χ2v) is 3.58. The monoisotopic (exact) mass is 168 g/mol. The van der Waals surface area contributed by atoms with Crippen LogP contribution in [0.1, 0.15) is 19.8 Å². The summed E-state index contributed by atoms with van der Waals surface area (Å²) in [4.78, 5) is 2.17. The second-order valence-electron chi connectivity index (χ2n) is 3.58. The zero-order chi connectivity index (χ0) is 8.97. The number of likely N-dealkylation sites (tertiary alicyclic amines) is 1. The number of hydrogen-bond donors (Lipinski definition) is 1. The first kappa shape index (κ1) is 9.50. The van der Waals surface area contributed by atoms with Gasteiger partial charge >= 0.3 is 0 Å². The molecule has 0 aromatic carbocycles. The Bertz CT molecular complexity index is 174. The highest BCUT2D eigenvalue weighted by molar-refractivity contribution is 4.88. The van der Waals surface area contributed by atoms with Gasteiger partial charge in [-0.3, -0.25) is 4.90 Å². The highest BCUT2D eigenvalue weighted by atomic mass is 16.3. The number of nitrogens with zero attached hydrogens (tertiary/aromatic N) is 2. The summed E-state index contributed by atoms with van der Waals surface area (Å²) in [5.41, 5.74) is 0. The van der Waals surface area contributed by atoms with Gasteiger partial charge in [0, 0.05) is 13.1 Å². The molecule has 12 heavy (non-hydrogen) atoms. The minimum absolute atomic E-state index is 0.178. The third kappa shape index (κ3) is 2.80. The first-order valence-corrected chi connectivity index (χ1v) is 4.52. The molecule has 1 fully saturated rings. The molecule has 1 rings (SSSR count). The zero-order valence-electron chi connectivity index (χ0n) is 7.53. The van der Waals surface area contributed by atoms with Crippen LogP contribution in [0, 0.1) is 17.2 Å². The fourth-order valence-electron chi connectivity index (χ4n) is 1.70. The molecule has 0 bridgehead atoms. The minimum atomic E-state index is -0.276. The molecular weight excluding hydrogens is 152 g/mol. The molecule has 3 nitrogen and oxygen atoms in total. The molecule has 1 aliphatic rings. The van der Waals surface area contributed by atoms with Gasteiger partial charge in [-0.1, -0.05) is 0 Å². The van der Waals surface area contributed by atoms with Gasteiger partial charge in [0.25, 0.3) is 0 Å². The van der Waals surface area contributed by atoms with Crippen molar-refractivity contribution in [1.82, 2.24) is 4.90 Å². The summed E-state index contributed by atoms with van der Waals surface area (Å²) < 4.78 is 0. The standard InChI is InChI=1S/C9H16N2O/c1-8(12)6-11-4-2-3-9(5-10)7-11/h8-9,12H,2-4,6-7H2,1H3. The number of aliphatic hydroxyl groups excluding tert-OH is 1. The van der Waals surface area contributed by atoms with Gasteiger partial charge in [-0.25, -0.2) is 0 Å². The van der Waals surface area contributed by atoms with Crippen LogP contribution in [-0.4, -0.2) is 35.7 Å². The minimum Gasteiger partial charge on any atom is -0.392 e. The van der Waals surface area contributed by atoms with Crippen molar-refractivity contribution >= 4 is 0 Å². The van der Waals surface area contributed by atoms with E-state index in [4.69, 9.17) is 10.4 Å². The lowest BCUT2D eigenvalue weighted by atomic mass is 9.99. The van der Waals surface area contributed by atoms with Crippen LogP contribution in [0.15, 0.2) is 0 Å². The molecule has 1 saturated heterocycles. The Hall–Kier alpha value is -0.590. The number of piperidine rings is 1. The Balaban J connectivity index is 2.32. The summed E-state index contributed by atoms with van der Waals surface area (Å²) in [5.74, 6) is 0.178. The maximum atomic E-state index is 9.14. The van der Waals surface area contributed by atoms with Crippen LogP contribution in [0.4, 0.5) is 0 Å². The van der Waals surface area contributed by atoms with E-state index < -0.39 is 0 Å². The quantitative estimate of drug-likeness (QED) is 0.657. The van der Waals surface area contributed by atoms with Crippen molar-refractivity contribution in [3.05, 3.63) is 0 Å². The second kappa shape index (κ2) is 4.44. The van der Waals surface area contributed by atoms with E-state index in [9.17, 15) is 0 Å². The molecule has 0 amide bonds. The molecule has 1 heterocycles. The summed E-state index contributed by atoms with van der Waals surface area (Å²) in [7, 11) is 0. The van der Waals surface area contributed by atoms with E-state index in [1.807, 2.05) is 0 Å². The van der Waals surface area contributed by atoms with E-state index in [-0.39, 0.29) is 12.0 Å². The van der Waals surface area contributed by atoms with Crippen LogP contribution in [-0.2, 0) is 0 Å². The lowest BCUT2D eigenvalue weighted by Gasteiger charge is -2.30. The Morgan fingerprint density at radius 3 is 3.08 bits per heavy atom. The van der Waals surface area contributed by atoms with Gasteiger partial charge in [0.05, 0.1) is 18.1 Å². The number of nitriles is 1. The van der Waals surface area contributed by atoms with Crippen LogP contribution >= 0.6 is 0 Å². The lowest BCUT2D eigenvalue weighted by molar-refractivity contribution is 0.104. The van der Waals surface area contributed by atoms with Crippen LogP contribution in [0.3, 0.4) is 0 Å². The van der Waals surface area contributed by atoms with Crippen molar-refractivity contribution in [2.45, 2.75) is 25.9 Å². The SMILES string of the molecule is CC(O)CN1CCCC(C#N)C1. The Kier molecular flexibility index (Phi) is 3.51.